The lowest BCUT2D eigenvalue weighted by Crippen LogP contribution is -2.19. The van der Waals surface area contributed by atoms with Gasteiger partial charge < -0.3 is 9.64 Å². The number of halogens is 1. The number of allylic oxidation sites excluding steroid dienone is 1. The van der Waals surface area contributed by atoms with Crippen LogP contribution in [0.2, 0.25) is 0 Å². The zero-order valence-electron chi connectivity index (χ0n) is 17.6. The molecule has 0 aliphatic rings. The van der Waals surface area contributed by atoms with Crippen molar-refractivity contribution in [1.82, 2.24) is 0 Å². The summed E-state index contributed by atoms with van der Waals surface area (Å²) in [5.74, 6) is -0.693. The van der Waals surface area contributed by atoms with E-state index >= 15 is 0 Å². The first-order valence-electron chi connectivity index (χ1n) is 9.93. The molecule has 0 aromatic heterocycles. The highest BCUT2D eigenvalue weighted by Gasteiger charge is 2.18. The summed E-state index contributed by atoms with van der Waals surface area (Å²) in [4.78, 5) is 14.2. The van der Waals surface area contributed by atoms with Crippen LogP contribution in [0.25, 0.3) is 0 Å². The summed E-state index contributed by atoms with van der Waals surface area (Å²) in [5.41, 5.74) is 5.11. The van der Waals surface area contributed by atoms with E-state index < -0.39 is 5.97 Å². The van der Waals surface area contributed by atoms with Gasteiger partial charge in [-0.2, -0.15) is 5.26 Å². The van der Waals surface area contributed by atoms with Crippen LogP contribution in [0.15, 0.2) is 79.0 Å². The Morgan fingerprint density at radius 1 is 1.13 bits per heavy atom. The Labute approximate surface area is 181 Å². The normalized spacial score (nSPS) is 10.3. The zero-order chi connectivity index (χ0) is 22.4. The molecule has 0 fully saturated rings. The summed E-state index contributed by atoms with van der Waals surface area (Å²) >= 11 is 0. The lowest BCUT2D eigenvalue weighted by Gasteiger charge is -2.29. The van der Waals surface area contributed by atoms with Crippen molar-refractivity contribution < 1.29 is 13.9 Å². The average molecular weight is 414 g/mol. The summed E-state index contributed by atoms with van der Waals surface area (Å²) in [6.45, 7) is 8.24. The average Bonchev–Trinajstić information content (AvgIpc) is 2.77. The van der Waals surface area contributed by atoms with Gasteiger partial charge in [0.05, 0.1) is 23.8 Å². The number of benzene rings is 3. The quantitative estimate of drug-likeness (QED) is 0.440. The second kappa shape index (κ2) is 9.73. The predicted molar refractivity (Wildman–Crippen MR) is 120 cm³/mol. The number of anilines is 2. The molecule has 31 heavy (non-hydrogen) atoms. The van der Waals surface area contributed by atoms with Crippen molar-refractivity contribution in [2.75, 3.05) is 11.5 Å². The van der Waals surface area contributed by atoms with Crippen LogP contribution in [0.5, 0.6) is 0 Å². The Morgan fingerprint density at radius 3 is 2.52 bits per heavy atom. The van der Waals surface area contributed by atoms with E-state index in [9.17, 15) is 14.4 Å². The van der Waals surface area contributed by atoms with E-state index in [1.807, 2.05) is 30.0 Å². The van der Waals surface area contributed by atoms with E-state index in [-0.39, 0.29) is 5.82 Å². The van der Waals surface area contributed by atoms with Crippen LogP contribution in [0.3, 0.4) is 0 Å². The van der Waals surface area contributed by atoms with E-state index in [1.165, 1.54) is 12.1 Å². The van der Waals surface area contributed by atoms with Gasteiger partial charge in [-0.1, -0.05) is 24.8 Å². The standard InChI is InChI=1S/C26H23FN2O2/c1-4-31-26(30)22-6-5-7-24(16-22)29(25-13-10-21(17-28)14-18(25)2)19(3)15-20-8-11-23(27)12-9-20/h5-14,16H,3-4,15H2,1-2H3. The van der Waals surface area contributed by atoms with E-state index in [4.69, 9.17) is 4.74 Å². The van der Waals surface area contributed by atoms with Crippen LogP contribution in [-0.2, 0) is 11.2 Å². The van der Waals surface area contributed by atoms with Gasteiger partial charge in [0.15, 0.2) is 0 Å². The molecule has 3 aromatic carbocycles. The summed E-state index contributed by atoms with van der Waals surface area (Å²) in [6.07, 6.45) is 0.476. The molecule has 0 amide bonds. The lowest BCUT2D eigenvalue weighted by atomic mass is 10.0. The van der Waals surface area contributed by atoms with Crippen LogP contribution in [0.1, 0.15) is 34.0 Å². The number of rotatable bonds is 7. The third-order valence-corrected chi connectivity index (χ3v) is 4.82. The van der Waals surface area contributed by atoms with E-state index in [2.05, 4.69) is 12.6 Å². The minimum absolute atomic E-state index is 0.290. The van der Waals surface area contributed by atoms with Gasteiger partial charge in [0.25, 0.3) is 0 Å². The maximum atomic E-state index is 13.3. The molecule has 0 heterocycles. The van der Waals surface area contributed by atoms with Crippen molar-refractivity contribution in [1.29, 1.82) is 5.26 Å². The minimum atomic E-state index is -0.398. The van der Waals surface area contributed by atoms with E-state index in [1.54, 1.807) is 43.3 Å². The highest BCUT2D eigenvalue weighted by atomic mass is 19.1. The summed E-state index contributed by atoms with van der Waals surface area (Å²) in [6, 6.07) is 21.0. The molecule has 156 valence electrons. The molecule has 4 nitrogen and oxygen atoms in total. The van der Waals surface area contributed by atoms with Crippen molar-refractivity contribution in [3.8, 4) is 6.07 Å². The van der Waals surface area contributed by atoms with Crippen LogP contribution >= 0.6 is 0 Å². The predicted octanol–water partition coefficient (Wildman–Crippen LogP) is 6.08. The molecule has 0 saturated carbocycles. The molecule has 3 aromatic rings. The van der Waals surface area contributed by atoms with Gasteiger partial charge in [0, 0.05) is 23.5 Å². The topological polar surface area (TPSA) is 53.3 Å². The number of carbonyl (C=O) groups is 1. The number of hydrogen-bond donors (Lipinski definition) is 0. The van der Waals surface area contributed by atoms with E-state index in [0.29, 0.717) is 24.2 Å². The molecule has 0 N–H and O–H groups in total. The first kappa shape index (κ1) is 21.8. The fraction of sp³-hybridized carbons (Fsp3) is 0.154. The number of carbonyl (C=O) groups excluding carboxylic acids is 1. The number of hydrogen-bond acceptors (Lipinski definition) is 4. The van der Waals surface area contributed by atoms with Gasteiger partial charge in [-0.15, -0.1) is 0 Å². The fourth-order valence-corrected chi connectivity index (χ4v) is 3.37. The largest absolute Gasteiger partial charge is 0.462 e. The zero-order valence-corrected chi connectivity index (χ0v) is 17.6. The molecule has 0 bridgehead atoms. The number of nitriles is 1. The maximum absolute atomic E-state index is 13.3. The maximum Gasteiger partial charge on any atom is 0.338 e. The van der Waals surface area contributed by atoms with Crippen molar-refractivity contribution in [3.63, 3.8) is 0 Å². The van der Waals surface area contributed by atoms with Crippen molar-refractivity contribution in [2.24, 2.45) is 0 Å². The van der Waals surface area contributed by atoms with Crippen LogP contribution in [-0.4, -0.2) is 12.6 Å². The number of aryl methyl sites for hydroxylation is 1. The highest BCUT2D eigenvalue weighted by molar-refractivity contribution is 5.91. The Bertz CT molecular complexity index is 1150. The molecular formula is C26H23FN2O2. The van der Waals surface area contributed by atoms with Gasteiger partial charge in [0.2, 0.25) is 0 Å². The number of esters is 1. The molecule has 0 radical (unpaired) electrons. The molecule has 0 unspecified atom stereocenters. The van der Waals surface area contributed by atoms with Gasteiger partial charge >= 0.3 is 5.97 Å². The van der Waals surface area contributed by atoms with E-state index in [0.717, 1.165) is 28.2 Å². The number of ether oxygens (including phenoxy) is 1. The van der Waals surface area contributed by atoms with Gasteiger partial charge in [-0.3, -0.25) is 0 Å². The minimum Gasteiger partial charge on any atom is -0.462 e. The molecule has 5 heteroatoms. The Balaban J connectivity index is 2.05. The second-order valence-corrected chi connectivity index (χ2v) is 7.09. The molecule has 0 saturated heterocycles. The summed E-state index contributed by atoms with van der Waals surface area (Å²) in [7, 11) is 0. The molecule has 3 rings (SSSR count). The lowest BCUT2D eigenvalue weighted by molar-refractivity contribution is 0.0526. The Hall–Kier alpha value is -3.91. The second-order valence-electron chi connectivity index (χ2n) is 7.09. The SMILES string of the molecule is C=C(Cc1ccc(F)cc1)N(c1cccc(C(=O)OCC)c1)c1ccc(C#N)cc1C. The fourth-order valence-electron chi connectivity index (χ4n) is 3.37. The summed E-state index contributed by atoms with van der Waals surface area (Å²) in [5, 5.41) is 9.22. The highest BCUT2D eigenvalue weighted by Crippen LogP contribution is 2.34. The Morgan fingerprint density at radius 2 is 1.87 bits per heavy atom. The first-order valence-corrected chi connectivity index (χ1v) is 9.93. The summed E-state index contributed by atoms with van der Waals surface area (Å²) < 4.78 is 18.5. The molecule has 0 spiro atoms. The van der Waals surface area contributed by atoms with Crippen LogP contribution in [0, 0.1) is 24.1 Å². The van der Waals surface area contributed by atoms with Crippen molar-refractivity contribution >= 4 is 17.3 Å². The van der Waals surface area contributed by atoms with Crippen LogP contribution in [0.4, 0.5) is 15.8 Å². The molecule has 0 aliphatic heterocycles. The third kappa shape index (κ3) is 5.18. The smallest absolute Gasteiger partial charge is 0.338 e. The van der Waals surface area contributed by atoms with Gasteiger partial charge in [-0.25, -0.2) is 9.18 Å². The van der Waals surface area contributed by atoms with Crippen molar-refractivity contribution in [3.05, 3.63) is 107 Å². The number of nitrogens with zero attached hydrogens (tertiary/aromatic N) is 2. The van der Waals surface area contributed by atoms with Gasteiger partial charge in [-0.05, 0) is 73.5 Å². The molecule has 0 aliphatic carbocycles. The Kier molecular flexibility index (Phi) is 6.84. The first-order chi connectivity index (χ1) is 14.9. The van der Waals surface area contributed by atoms with Crippen LogP contribution < -0.4 is 4.90 Å². The van der Waals surface area contributed by atoms with Crippen molar-refractivity contribution in [2.45, 2.75) is 20.3 Å². The molecule has 0 atom stereocenters. The van der Waals surface area contributed by atoms with Gasteiger partial charge in [0.1, 0.15) is 5.82 Å². The molecular weight excluding hydrogens is 391 g/mol. The third-order valence-electron chi connectivity index (χ3n) is 4.82. The monoisotopic (exact) mass is 414 g/mol.